The van der Waals surface area contributed by atoms with Crippen LogP contribution < -0.4 is 5.32 Å². The van der Waals surface area contributed by atoms with E-state index in [1.807, 2.05) is 37.3 Å². The minimum atomic E-state index is -0.848. The van der Waals surface area contributed by atoms with Gasteiger partial charge in [-0.15, -0.1) is 0 Å². The molecule has 0 spiro atoms. The Kier molecular flexibility index (Phi) is 7.88. The van der Waals surface area contributed by atoms with Crippen molar-refractivity contribution < 1.29 is 9.90 Å². The molecule has 0 aromatic heterocycles. The summed E-state index contributed by atoms with van der Waals surface area (Å²) in [5.41, 5.74) is 1.00. The Morgan fingerprint density at radius 3 is 2.45 bits per heavy atom. The van der Waals surface area contributed by atoms with Gasteiger partial charge in [0.2, 0.25) is 0 Å². The highest BCUT2D eigenvalue weighted by Crippen LogP contribution is 2.16. The van der Waals surface area contributed by atoms with Crippen molar-refractivity contribution in [3.8, 4) is 0 Å². The van der Waals surface area contributed by atoms with E-state index in [1.54, 1.807) is 4.90 Å². The third kappa shape index (κ3) is 6.43. The number of rotatable bonds is 9. The average molecular weight is 322 g/mol. The van der Waals surface area contributed by atoms with Crippen molar-refractivity contribution in [3.05, 3.63) is 30.3 Å². The summed E-state index contributed by atoms with van der Waals surface area (Å²) in [6, 6.07) is 9.87. The molecule has 122 valence electrons. The highest BCUT2D eigenvalue weighted by molar-refractivity contribution is 7.80. The molecule has 0 saturated heterocycles. The van der Waals surface area contributed by atoms with E-state index in [-0.39, 0.29) is 12.6 Å². The van der Waals surface area contributed by atoms with E-state index in [4.69, 9.17) is 17.3 Å². The van der Waals surface area contributed by atoms with Crippen LogP contribution in [0.3, 0.4) is 0 Å². The zero-order valence-corrected chi connectivity index (χ0v) is 14.4. The van der Waals surface area contributed by atoms with Crippen LogP contribution in [-0.4, -0.2) is 40.1 Å². The van der Waals surface area contributed by atoms with E-state index in [2.05, 4.69) is 19.2 Å². The minimum absolute atomic E-state index is 0.0386. The lowest BCUT2D eigenvalue weighted by Gasteiger charge is -2.31. The molecule has 1 atom stereocenters. The maximum atomic E-state index is 11.1. The number of aliphatic carboxylic acids is 1. The molecule has 0 aliphatic rings. The summed E-state index contributed by atoms with van der Waals surface area (Å²) in [5.74, 6) is -0.383. The van der Waals surface area contributed by atoms with Gasteiger partial charge in [0.15, 0.2) is 0 Å². The fraction of sp³-hybridized carbons (Fsp3) is 0.529. The fourth-order valence-corrected chi connectivity index (χ4v) is 2.66. The lowest BCUT2D eigenvalue weighted by molar-refractivity contribution is -0.137. The Balaban J connectivity index is 2.87. The topological polar surface area (TPSA) is 52.6 Å². The molecule has 0 heterocycles. The lowest BCUT2D eigenvalue weighted by atomic mass is 10.0. The second kappa shape index (κ2) is 9.41. The van der Waals surface area contributed by atoms with Gasteiger partial charge >= 0.3 is 5.97 Å². The lowest BCUT2D eigenvalue weighted by Crippen LogP contribution is -2.44. The summed E-state index contributed by atoms with van der Waals surface area (Å²) in [7, 11) is 0. The molecule has 1 unspecified atom stereocenters. The fourth-order valence-electron chi connectivity index (χ4n) is 2.35. The Bertz CT molecular complexity index is 477. The molecule has 0 saturated carbocycles. The number of carboxylic acids is 1. The molecule has 0 bridgehead atoms. The van der Waals surface area contributed by atoms with Crippen LogP contribution >= 0.6 is 12.2 Å². The number of carbonyl (C=O) groups is 1. The molecule has 1 aromatic carbocycles. The van der Waals surface area contributed by atoms with Crippen molar-refractivity contribution in [3.63, 3.8) is 0 Å². The molecule has 22 heavy (non-hydrogen) atoms. The molecule has 0 amide bonds. The number of nitrogens with one attached hydrogen (secondary N) is 1. The average Bonchev–Trinajstić information content (AvgIpc) is 2.45. The van der Waals surface area contributed by atoms with Crippen LogP contribution in [0.1, 0.15) is 33.6 Å². The molecular weight excluding hydrogens is 296 g/mol. The van der Waals surface area contributed by atoms with Crippen molar-refractivity contribution >= 4 is 28.9 Å². The van der Waals surface area contributed by atoms with Crippen molar-refractivity contribution in [2.45, 2.75) is 39.7 Å². The molecule has 2 N–H and O–H groups in total. The number of carboxylic acid groups (broad SMARTS) is 1. The Morgan fingerprint density at radius 1 is 1.32 bits per heavy atom. The van der Waals surface area contributed by atoms with Gasteiger partial charge in [-0.25, -0.2) is 0 Å². The number of hydrogen-bond donors (Lipinski definition) is 2. The quantitative estimate of drug-likeness (QED) is 0.680. The van der Waals surface area contributed by atoms with E-state index >= 15 is 0 Å². The van der Waals surface area contributed by atoms with Crippen molar-refractivity contribution in [1.29, 1.82) is 0 Å². The van der Waals surface area contributed by atoms with E-state index in [0.717, 1.165) is 18.5 Å². The number of thiocarbonyl (C=S) groups is 1. The van der Waals surface area contributed by atoms with Crippen LogP contribution in [0.5, 0.6) is 0 Å². The monoisotopic (exact) mass is 322 g/mol. The first-order valence-electron chi connectivity index (χ1n) is 7.76. The number of anilines is 1. The predicted molar refractivity (Wildman–Crippen MR) is 95.4 cm³/mol. The molecule has 0 aliphatic carbocycles. The van der Waals surface area contributed by atoms with E-state index in [9.17, 15) is 4.79 Å². The van der Waals surface area contributed by atoms with Crippen LogP contribution in [0.15, 0.2) is 30.3 Å². The van der Waals surface area contributed by atoms with Gasteiger partial charge in [0.05, 0.1) is 6.04 Å². The summed E-state index contributed by atoms with van der Waals surface area (Å²) in [4.78, 5) is 13.5. The van der Waals surface area contributed by atoms with Gasteiger partial charge in [-0.1, -0.05) is 51.2 Å². The molecule has 5 heteroatoms. The molecule has 0 aliphatic heterocycles. The van der Waals surface area contributed by atoms with Gasteiger partial charge in [0.1, 0.15) is 11.5 Å². The van der Waals surface area contributed by atoms with E-state index in [1.165, 1.54) is 0 Å². The maximum Gasteiger partial charge on any atom is 0.323 e. The van der Waals surface area contributed by atoms with Crippen LogP contribution in [0.4, 0.5) is 5.69 Å². The van der Waals surface area contributed by atoms with Crippen LogP contribution in [0.25, 0.3) is 0 Å². The second-order valence-electron chi connectivity index (χ2n) is 5.85. The standard InChI is InChI=1S/C17H26N2O2S/c1-4-10-19(12-16(20)21)17(22)15(11-13(2)3)18-14-8-6-5-7-9-14/h5-9,13,15,18H,4,10-12H2,1-3H3,(H,20,21). The molecule has 1 rings (SSSR count). The Hall–Kier alpha value is -1.62. The smallest absolute Gasteiger partial charge is 0.323 e. The second-order valence-corrected chi connectivity index (χ2v) is 6.26. The number of nitrogens with zero attached hydrogens (tertiary/aromatic N) is 1. The normalized spacial score (nSPS) is 12.0. The number of benzene rings is 1. The third-order valence-corrected chi connectivity index (χ3v) is 3.79. The number of hydrogen-bond acceptors (Lipinski definition) is 3. The minimum Gasteiger partial charge on any atom is -0.480 e. The molecule has 1 aromatic rings. The van der Waals surface area contributed by atoms with Crippen molar-refractivity contribution in [1.82, 2.24) is 4.90 Å². The first-order valence-corrected chi connectivity index (χ1v) is 8.17. The van der Waals surface area contributed by atoms with Gasteiger partial charge in [-0.2, -0.15) is 0 Å². The highest BCUT2D eigenvalue weighted by atomic mass is 32.1. The van der Waals surface area contributed by atoms with Gasteiger partial charge in [-0.05, 0) is 30.9 Å². The first kappa shape index (κ1) is 18.4. The summed E-state index contributed by atoms with van der Waals surface area (Å²) >= 11 is 5.60. The SMILES string of the molecule is CCCN(CC(=O)O)C(=S)C(CC(C)C)Nc1ccccc1. The molecular formula is C17H26N2O2S. The maximum absolute atomic E-state index is 11.1. The predicted octanol–water partition coefficient (Wildman–Crippen LogP) is 3.64. The highest BCUT2D eigenvalue weighted by Gasteiger charge is 2.22. The van der Waals surface area contributed by atoms with Crippen LogP contribution in [0.2, 0.25) is 0 Å². The van der Waals surface area contributed by atoms with Gasteiger partial charge in [0, 0.05) is 12.2 Å². The van der Waals surface area contributed by atoms with Crippen molar-refractivity contribution in [2.24, 2.45) is 5.92 Å². The van der Waals surface area contributed by atoms with Gasteiger partial charge in [-0.3, -0.25) is 4.79 Å². The van der Waals surface area contributed by atoms with Gasteiger partial charge in [0.25, 0.3) is 0 Å². The zero-order valence-electron chi connectivity index (χ0n) is 13.6. The van der Waals surface area contributed by atoms with Gasteiger partial charge < -0.3 is 15.3 Å². The largest absolute Gasteiger partial charge is 0.480 e. The third-order valence-electron chi connectivity index (χ3n) is 3.25. The molecule has 4 nitrogen and oxygen atoms in total. The van der Waals surface area contributed by atoms with Crippen LogP contribution in [-0.2, 0) is 4.79 Å². The Morgan fingerprint density at radius 2 is 1.95 bits per heavy atom. The molecule has 0 radical (unpaired) electrons. The number of para-hydroxylation sites is 1. The summed E-state index contributed by atoms with van der Waals surface area (Å²) in [5, 5.41) is 12.5. The van der Waals surface area contributed by atoms with E-state index in [0.29, 0.717) is 17.5 Å². The van der Waals surface area contributed by atoms with Crippen molar-refractivity contribution in [2.75, 3.05) is 18.4 Å². The zero-order chi connectivity index (χ0) is 16.5. The summed E-state index contributed by atoms with van der Waals surface area (Å²) in [6.45, 7) is 6.93. The first-order chi connectivity index (χ1) is 10.4. The van der Waals surface area contributed by atoms with E-state index < -0.39 is 5.97 Å². The molecule has 0 fully saturated rings. The Labute approximate surface area is 138 Å². The summed E-state index contributed by atoms with van der Waals surface area (Å²) < 4.78 is 0. The van der Waals surface area contributed by atoms with Crippen LogP contribution in [0, 0.1) is 5.92 Å². The summed E-state index contributed by atoms with van der Waals surface area (Å²) in [6.07, 6.45) is 1.74.